The molecule has 1 N–H and O–H groups in total. The highest BCUT2D eigenvalue weighted by Gasteiger charge is 2.23. The normalized spacial score (nSPS) is 13.1. The summed E-state index contributed by atoms with van der Waals surface area (Å²) in [6.07, 6.45) is 2.22. The van der Waals surface area contributed by atoms with Gasteiger partial charge in [-0.2, -0.15) is 0 Å². The van der Waals surface area contributed by atoms with Crippen molar-refractivity contribution < 1.29 is 17.9 Å². The van der Waals surface area contributed by atoms with Crippen molar-refractivity contribution in [3.05, 3.63) is 36.7 Å². The molecule has 1 aromatic carbocycles. The molecule has 20 heavy (non-hydrogen) atoms. The van der Waals surface area contributed by atoms with Gasteiger partial charge < -0.3 is 4.74 Å². The van der Waals surface area contributed by atoms with Gasteiger partial charge in [-0.3, -0.25) is 9.78 Å². The number of aromatic nitrogens is 1. The lowest BCUT2D eigenvalue weighted by Gasteiger charge is -2.12. The number of carbonyl (C=O) groups is 1. The molecule has 2 aromatic rings. The van der Waals surface area contributed by atoms with Gasteiger partial charge in [-0.05, 0) is 19.1 Å². The van der Waals surface area contributed by atoms with Crippen LogP contribution in [-0.2, 0) is 19.6 Å². The molecule has 1 aromatic heterocycles. The van der Waals surface area contributed by atoms with Crippen LogP contribution in [-0.4, -0.2) is 32.5 Å². The van der Waals surface area contributed by atoms with Crippen molar-refractivity contribution in [2.45, 2.75) is 17.9 Å². The number of amides is 1. The average Bonchev–Trinajstić information content (AvgIpc) is 2.45. The maximum absolute atomic E-state index is 12.3. The standard InChI is InChI=1S/C13H14N2O4S/c1-9(19-2)13(16)15-20(17,18)12-5-3-4-10-8-14-7-6-11(10)12/h3-9H,1-2H3,(H,15,16). The zero-order chi connectivity index (χ0) is 14.8. The zero-order valence-electron chi connectivity index (χ0n) is 11.0. The van der Waals surface area contributed by atoms with Crippen LogP contribution in [0.5, 0.6) is 0 Å². The third-order valence-electron chi connectivity index (χ3n) is 2.89. The van der Waals surface area contributed by atoms with E-state index >= 15 is 0 Å². The first-order chi connectivity index (χ1) is 9.45. The lowest BCUT2D eigenvalue weighted by molar-refractivity contribution is -0.128. The topological polar surface area (TPSA) is 85.4 Å². The molecule has 106 valence electrons. The fourth-order valence-electron chi connectivity index (χ4n) is 1.70. The van der Waals surface area contributed by atoms with E-state index in [4.69, 9.17) is 4.74 Å². The number of benzene rings is 1. The minimum Gasteiger partial charge on any atom is -0.372 e. The predicted octanol–water partition coefficient (Wildman–Crippen LogP) is 1.07. The summed E-state index contributed by atoms with van der Waals surface area (Å²) >= 11 is 0. The zero-order valence-corrected chi connectivity index (χ0v) is 11.8. The summed E-state index contributed by atoms with van der Waals surface area (Å²) in [6, 6.07) is 6.38. The van der Waals surface area contributed by atoms with Crippen LogP contribution in [0.4, 0.5) is 0 Å². The smallest absolute Gasteiger partial charge is 0.264 e. The van der Waals surface area contributed by atoms with E-state index in [1.54, 1.807) is 24.4 Å². The number of hydrogen-bond donors (Lipinski definition) is 1. The van der Waals surface area contributed by atoms with E-state index in [1.165, 1.54) is 26.3 Å². The molecule has 1 amide bonds. The lowest BCUT2D eigenvalue weighted by atomic mass is 10.2. The summed E-state index contributed by atoms with van der Waals surface area (Å²) in [5, 5.41) is 1.19. The molecule has 0 radical (unpaired) electrons. The van der Waals surface area contributed by atoms with Gasteiger partial charge >= 0.3 is 0 Å². The van der Waals surface area contributed by atoms with E-state index in [0.717, 1.165) is 0 Å². The van der Waals surface area contributed by atoms with Crippen LogP contribution in [0, 0.1) is 0 Å². The number of fused-ring (bicyclic) bond motifs is 1. The molecule has 0 saturated heterocycles. The molecule has 7 heteroatoms. The number of rotatable bonds is 4. The first kappa shape index (κ1) is 14.4. The van der Waals surface area contributed by atoms with Gasteiger partial charge in [0.15, 0.2) is 0 Å². The Morgan fingerprint density at radius 1 is 1.35 bits per heavy atom. The summed E-state index contributed by atoms with van der Waals surface area (Å²) in [5.41, 5.74) is 0. The van der Waals surface area contributed by atoms with Crippen molar-refractivity contribution in [2.24, 2.45) is 0 Å². The van der Waals surface area contributed by atoms with Gasteiger partial charge in [-0.15, -0.1) is 0 Å². The quantitative estimate of drug-likeness (QED) is 0.911. The van der Waals surface area contributed by atoms with Gasteiger partial charge in [0, 0.05) is 30.3 Å². The summed E-state index contributed by atoms with van der Waals surface area (Å²) < 4.78 is 31.3. The molecule has 0 aliphatic rings. The van der Waals surface area contributed by atoms with E-state index in [0.29, 0.717) is 10.8 Å². The number of carbonyl (C=O) groups excluding carboxylic acids is 1. The fourth-order valence-corrected chi connectivity index (χ4v) is 2.98. The van der Waals surface area contributed by atoms with Crippen molar-refractivity contribution in [1.82, 2.24) is 9.71 Å². The van der Waals surface area contributed by atoms with Crippen LogP contribution in [0.25, 0.3) is 10.8 Å². The molecule has 6 nitrogen and oxygen atoms in total. The molecular weight excluding hydrogens is 280 g/mol. The van der Waals surface area contributed by atoms with Crippen molar-refractivity contribution in [2.75, 3.05) is 7.11 Å². The van der Waals surface area contributed by atoms with Crippen LogP contribution in [0.15, 0.2) is 41.6 Å². The van der Waals surface area contributed by atoms with Crippen LogP contribution in [0.1, 0.15) is 6.92 Å². The highest BCUT2D eigenvalue weighted by molar-refractivity contribution is 7.90. The Balaban J connectivity index is 2.45. The van der Waals surface area contributed by atoms with Gasteiger partial charge in [-0.25, -0.2) is 13.1 Å². The summed E-state index contributed by atoms with van der Waals surface area (Å²) in [6.45, 7) is 1.47. The number of hydrogen-bond acceptors (Lipinski definition) is 5. The first-order valence-corrected chi connectivity index (χ1v) is 7.36. The van der Waals surface area contributed by atoms with Gasteiger partial charge in [0.25, 0.3) is 15.9 Å². The van der Waals surface area contributed by atoms with E-state index in [2.05, 4.69) is 4.98 Å². The number of pyridine rings is 1. The molecule has 1 unspecified atom stereocenters. The number of methoxy groups -OCH3 is 1. The molecule has 0 spiro atoms. The van der Waals surface area contributed by atoms with Gasteiger partial charge in [0.2, 0.25) is 0 Å². The van der Waals surface area contributed by atoms with Crippen molar-refractivity contribution >= 4 is 26.7 Å². The number of nitrogens with zero attached hydrogens (tertiary/aromatic N) is 1. The van der Waals surface area contributed by atoms with E-state index in [-0.39, 0.29) is 4.90 Å². The SMILES string of the molecule is COC(C)C(=O)NS(=O)(=O)c1cccc2cnccc12. The van der Waals surface area contributed by atoms with Crippen LogP contribution in [0.3, 0.4) is 0 Å². The summed E-state index contributed by atoms with van der Waals surface area (Å²) in [4.78, 5) is 15.6. The molecule has 0 bridgehead atoms. The van der Waals surface area contributed by atoms with E-state index in [9.17, 15) is 13.2 Å². The largest absolute Gasteiger partial charge is 0.372 e. The Morgan fingerprint density at radius 2 is 2.10 bits per heavy atom. The Morgan fingerprint density at radius 3 is 2.80 bits per heavy atom. The van der Waals surface area contributed by atoms with Crippen LogP contribution < -0.4 is 4.72 Å². The molecule has 0 saturated carbocycles. The van der Waals surface area contributed by atoms with Gasteiger partial charge in [0.1, 0.15) is 6.10 Å². The second kappa shape index (κ2) is 5.56. The number of ether oxygens (including phenoxy) is 1. The van der Waals surface area contributed by atoms with Crippen molar-refractivity contribution in [1.29, 1.82) is 0 Å². The van der Waals surface area contributed by atoms with Crippen LogP contribution >= 0.6 is 0 Å². The van der Waals surface area contributed by atoms with Gasteiger partial charge in [-0.1, -0.05) is 12.1 Å². The maximum Gasteiger partial charge on any atom is 0.264 e. The maximum atomic E-state index is 12.3. The van der Waals surface area contributed by atoms with Crippen molar-refractivity contribution in [3.8, 4) is 0 Å². The van der Waals surface area contributed by atoms with E-state index in [1.807, 2.05) is 4.72 Å². The molecule has 0 aliphatic carbocycles. The Kier molecular flexibility index (Phi) is 4.01. The Labute approximate surface area is 116 Å². The third kappa shape index (κ3) is 2.78. The third-order valence-corrected chi connectivity index (χ3v) is 4.29. The molecule has 1 heterocycles. The monoisotopic (exact) mass is 294 g/mol. The van der Waals surface area contributed by atoms with E-state index < -0.39 is 22.0 Å². The summed E-state index contributed by atoms with van der Waals surface area (Å²) in [7, 11) is -2.61. The predicted molar refractivity (Wildman–Crippen MR) is 73.5 cm³/mol. The molecular formula is C13H14N2O4S. The minimum absolute atomic E-state index is 0.0362. The van der Waals surface area contributed by atoms with Crippen LogP contribution in [0.2, 0.25) is 0 Å². The van der Waals surface area contributed by atoms with Gasteiger partial charge in [0.05, 0.1) is 4.90 Å². The highest BCUT2D eigenvalue weighted by atomic mass is 32.2. The molecule has 1 atom stereocenters. The van der Waals surface area contributed by atoms with Crippen molar-refractivity contribution in [3.63, 3.8) is 0 Å². The molecule has 0 aliphatic heterocycles. The number of sulfonamides is 1. The average molecular weight is 294 g/mol. The Bertz CT molecular complexity index is 738. The molecule has 2 rings (SSSR count). The Hall–Kier alpha value is -1.99. The minimum atomic E-state index is -3.95. The highest BCUT2D eigenvalue weighted by Crippen LogP contribution is 2.21. The fraction of sp³-hybridized carbons (Fsp3) is 0.231. The second-order valence-electron chi connectivity index (χ2n) is 4.20. The lowest BCUT2D eigenvalue weighted by Crippen LogP contribution is -2.38. The summed E-state index contributed by atoms with van der Waals surface area (Å²) in [5.74, 6) is -0.710. The molecule has 0 fully saturated rings. The second-order valence-corrected chi connectivity index (χ2v) is 5.85. The first-order valence-electron chi connectivity index (χ1n) is 5.88. The number of nitrogens with one attached hydrogen (secondary N) is 1.